The Kier molecular flexibility index (Phi) is 5.83. The number of nitrogens with one attached hydrogen (secondary N) is 2. The number of likely N-dealkylation sites (tertiary alicyclic amines) is 1. The number of rotatable bonds is 5. The summed E-state index contributed by atoms with van der Waals surface area (Å²) in [5.74, 6) is -0.138. The summed E-state index contributed by atoms with van der Waals surface area (Å²) in [6.45, 7) is 4.18. The first-order valence-electron chi connectivity index (χ1n) is 8.52. The number of hydrogen-bond donors (Lipinski definition) is 2. The van der Waals surface area contributed by atoms with Crippen molar-refractivity contribution >= 4 is 17.5 Å². The summed E-state index contributed by atoms with van der Waals surface area (Å²) in [6.07, 6.45) is 5.56. The van der Waals surface area contributed by atoms with Crippen LogP contribution in [0.2, 0.25) is 5.15 Å². The van der Waals surface area contributed by atoms with Crippen molar-refractivity contribution in [2.24, 2.45) is 0 Å². The summed E-state index contributed by atoms with van der Waals surface area (Å²) < 4.78 is 0. The van der Waals surface area contributed by atoms with Crippen LogP contribution < -0.4 is 10.2 Å². The molecule has 0 atom stereocenters. The Hall–Kier alpha value is -1.91. The number of halogens is 1. The Morgan fingerprint density at radius 1 is 1.04 bits per heavy atom. The molecule has 1 aliphatic rings. The van der Waals surface area contributed by atoms with Crippen molar-refractivity contribution in [1.29, 1.82) is 0 Å². The molecule has 0 radical (unpaired) electrons. The second kappa shape index (κ2) is 8.27. The Balaban J connectivity index is 1.50. The number of piperidine rings is 1. The predicted octanol–water partition coefficient (Wildman–Crippen LogP) is 2.23. The maximum Gasteiger partial charge on any atom is 0.253 e. The molecule has 126 valence electrons. The van der Waals surface area contributed by atoms with Gasteiger partial charge in [0.15, 0.2) is 0 Å². The van der Waals surface area contributed by atoms with E-state index in [0.29, 0.717) is 17.3 Å². The maximum absolute atomic E-state index is 12.1. The van der Waals surface area contributed by atoms with Gasteiger partial charge in [-0.1, -0.05) is 35.9 Å². The number of nitrogens with zero attached hydrogens (tertiary/aromatic N) is 1. The molecule has 0 spiro atoms. The Morgan fingerprint density at radius 2 is 1.75 bits per heavy atom. The molecule has 2 N–H and O–H groups in total. The molecule has 1 saturated heterocycles. The molecule has 1 aliphatic heterocycles. The summed E-state index contributed by atoms with van der Waals surface area (Å²) in [5.41, 5.74) is 2.98. The first-order chi connectivity index (χ1) is 11.7. The van der Waals surface area contributed by atoms with E-state index in [1.165, 1.54) is 44.1 Å². The van der Waals surface area contributed by atoms with E-state index in [2.05, 4.69) is 34.6 Å². The van der Waals surface area contributed by atoms with Crippen molar-refractivity contribution in [3.8, 4) is 0 Å². The molecule has 24 heavy (non-hydrogen) atoms. The van der Waals surface area contributed by atoms with Crippen LogP contribution in [0.1, 0.15) is 40.7 Å². The Morgan fingerprint density at radius 3 is 2.42 bits per heavy atom. The molecule has 1 fully saturated rings. The quantitative estimate of drug-likeness (QED) is 0.817. The maximum atomic E-state index is 12.1. The predicted molar refractivity (Wildman–Crippen MR) is 95.1 cm³/mol. The van der Waals surface area contributed by atoms with Gasteiger partial charge in [0.25, 0.3) is 5.91 Å². The van der Waals surface area contributed by atoms with Crippen LogP contribution >= 0.6 is 11.6 Å². The zero-order valence-electron chi connectivity index (χ0n) is 13.7. The van der Waals surface area contributed by atoms with Gasteiger partial charge in [0, 0.05) is 18.3 Å². The molecule has 2 aromatic rings. The third-order valence-corrected chi connectivity index (χ3v) is 4.70. The van der Waals surface area contributed by atoms with Gasteiger partial charge in [-0.15, -0.1) is 0 Å². The summed E-state index contributed by atoms with van der Waals surface area (Å²) >= 11 is 5.73. The van der Waals surface area contributed by atoms with E-state index >= 15 is 0 Å². The minimum absolute atomic E-state index is 0.138. The average Bonchev–Trinajstić information content (AvgIpc) is 2.62. The molecule has 4 nitrogen and oxygen atoms in total. The average molecular weight is 345 g/mol. The van der Waals surface area contributed by atoms with Gasteiger partial charge in [-0.25, -0.2) is 4.98 Å². The first kappa shape index (κ1) is 16.9. The van der Waals surface area contributed by atoms with E-state index in [1.54, 1.807) is 17.0 Å². The lowest BCUT2D eigenvalue weighted by atomic mass is 10.1. The molecule has 0 aliphatic carbocycles. The van der Waals surface area contributed by atoms with E-state index < -0.39 is 0 Å². The highest BCUT2D eigenvalue weighted by atomic mass is 35.5. The highest BCUT2D eigenvalue weighted by Crippen LogP contribution is 2.07. The van der Waals surface area contributed by atoms with E-state index in [1.807, 2.05) is 0 Å². The van der Waals surface area contributed by atoms with Crippen molar-refractivity contribution in [1.82, 2.24) is 10.3 Å². The number of carbonyl (C=O) groups excluding carboxylic acids is 1. The van der Waals surface area contributed by atoms with Crippen LogP contribution in [0.4, 0.5) is 0 Å². The summed E-state index contributed by atoms with van der Waals surface area (Å²) in [4.78, 5) is 17.7. The van der Waals surface area contributed by atoms with Crippen molar-refractivity contribution in [3.63, 3.8) is 0 Å². The van der Waals surface area contributed by atoms with Gasteiger partial charge in [-0.05, 0) is 37.0 Å². The van der Waals surface area contributed by atoms with E-state index in [4.69, 9.17) is 11.6 Å². The number of pyridine rings is 1. The third-order valence-electron chi connectivity index (χ3n) is 4.48. The van der Waals surface area contributed by atoms with Crippen molar-refractivity contribution in [2.45, 2.75) is 32.4 Å². The van der Waals surface area contributed by atoms with Crippen LogP contribution in [0.3, 0.4) is 0 Å². The fraction of sp³-hybridized carbons (Fsp3) is 0.368. The number of amides is 1. The summed E-state index contributed by atoms with van der Waals surface area (Å²) in [6, 6.07) is 11.8. The van der Waals surface area contributed by atoms with Crippen molar-refractivity contribution < 1.29 is 9.69 Å². The van der Waals surface area contributed by atoms with Crippen LogP contribution in [-0.2, 0) is 13.1 Å². The normalized spacial score (nSPS) is 15.2. The highest BCUT2D eigenvalue weighted by Gasteiger charge is 2.13. The van der Waals surface area contributed by atoms with Crippen LogP contribution in [0, 0.1) is 0 Å². The van der Waals surface area contributed by atoms with Gasteiger partial charge in [0.2, 0.25) is 0 Å². The lowest BCUT2D eigenvalue weighted by Crippen LogP contribution is -3.11. The third kappa shape index (κ3) is 4.79. The van der Waals surface area contributed by atoms with Gasteiger partial charge < -0.3 is 10.2 Å². The van der Waals surface area contributed by atoms with Crippen LogP contribution in [0.25, 0.3) is 0 Å². The largest absolute Gasteiger partial charge is 0.348 e. The van der Waals surface area contributed by atoms with Gasteiger partial charge in [-0.3, -0.25) is 4.79 Å². The minimum atomic E-state index is -0.138. The van der Waals surface area contributed by atoms with Crippen LogP contribution in [0.15, 0.2) is 42.6 Å². The van der Waals surface area contributed by atoms with Crippen LogP contribution in [-0.4, -0.2) is 24.0 Å². The van der Waals surface area contributed by atoms with Crippen molar-refractivity contribution in [2.75, 3.05) is 13.1 Å². The topological polar surface area (TPSA) is 46.4 Å². The Labute approximate surface area is 147 Å². The SMILES string of the molecule is O=C(NCc1ccc(C[NH+]2CCCCC2)cc1)c1ccc(Cl)nc1. The lowest BCUT2D eigenvalue weighted by molar-refractivity contribution is -0.918. The number of aromatic nitrogens is 1. The van der Waals surface area contributed by atoms with E-state index in [0.717, 1.165) is 12.1 Å². The number of quaternary nitrogens is 1. The monoisotopic (exact) mass is 344 g/mol. The molecule has 0 saturated carbocycles. The van der Waals surface area contributed by atoms with E-state index in [9.17, 15) is 4.79 Å². The zero-order valence-corrected chi connectivity index (χ0v) is 14.5. The number of carbonyl (C=O) groups is 1. The zero-order chi connectivity index (χ0) is 16.8. The molecule has 3 rings (SSSR count). The second-order valence-corrected chi connectivity index (χ2v) is 6.74. The lowest BCUT2D eigenvalue weighted by Gasteiger charge is -2.23. The molecule has 5 heteroatoms. The fourth-order valence-electron chi connectivity index (χ4n) is 3.09. The number of hydrogen-bond acceptors (Lipinski definition) is 2. The molecular weight excluding hydrogens is 322 g/mol. The molecule has 0 unspecified atom stereocenters. The molecule has 1 aromatic carbocycles. The number of benzene rings is 1. The van der Waals surface area contributed by atoms with Gasteiger partial charge in [0.1, 0.15) is 11.7 Å². The molecule has 1 aromatic heterocycles. The smallest absolute Gasteiger partial charge is 0.253 e. The first-order valence-corrected chi connectivity index (χ1v) is 8.89. The summed E-state index contributed by atoms with van der Waals surface area (Å²) in [7, 11) is 0. The standard InChI is InChI=1S/C19H22ClN3O/c20-18-9-8-17(13-21-18)19(24)22-12-15-4-6-16(7-5-15)14-23-10-2-1-3-11-23/h4-9,13H,1-3,10-12,14H2,(H,22,24)/p+1. The van der Waals surface area contributed by atoms with Crippen LogP contribution in [0.5, 0.6) is 0 Å². The minimum Gasteiger partial charge on any atom is -0.348 e. The Bertz CT molecular complexity index is 664. The second-order valence-electron chi connectivity index (χ2n) is 6.36. The summed E-state index contributed by atoms with van der Waals surface area (Å²) in [5, 5.41) is 3.30. The van der Waals surface area contributed by atoms with Gasteiger partial charge >= 0.3 is 0 Å². The molecular formula is C19H23ClN3O+. The molecule has 2 heterocycles. The molecule has 0 bridgehead atoms. The van der Waals surface area contributed by atoms with Gasteiger partial charge in [0.05, 0.1) is 18.7 Å². The fourth-order valence-corrected chi connectivity index (χ4v) is 3.20. The van der Waals surface area contributed by atoms with Crippen molar-refractivity contribution in [3.05, 3.63) is 64.4 Å². The molecule has 1 amide bonds. The highest BCUT2D eigenvalue weighted by molar-refractivity contribution is 6.29. The van der Waals surface area contributed by atoms with Gasteiger partial charge in [-0.2, -0.15) is 0 Å². The van der Waals surface area contributed by atoms with E-state index in [-0.39, 0.29) is 5.91 Å².